The molecule has 4 heteroatoms. The van der Waals surface area contributed by atoms with Gasteiger partial charge in [0.15, 0.2) is 0 Å². The molecule has 0 saturated carbocycles. The number of nitrogens with one attached hydrogen (secondary N) is 1. The van der Waals surface area contributed by atoms with E-state index < -0.39 is 0 Å². The molecule has 0 atom stereocenters. The Balaban J connectivity index is 2.52. The van der Waals surface area contributed by atoms with Crippen LogP contribution in [0.2, 0.25) is 5.02 Å². The molecule has 0 heterocycles. The van der Waals surface area contributed by atoms with Crippen molar-refractivity contribution < 1.29 is 5.11 Å². The SMILES string of the molecule is CCCNC(=S)/C(=C(\O)c1ccccc1)c1cccc(Cl)c1. The highest BCUT2D eigenvalue weighted by atomic mass is 35.5. The van der Waals surface area contributed by atoms with E-state index in [4.69, 9.17) is 23.8 Å². The van der Waals surface area contributed by atoms with Crippen molar-refractivity contribution in [3.05, 3.63) is 70.7 Å². The number of aliphatic hydroxyl groups excluding tert-OH is 1. The number of hydrogen-bond acceptors (Lipinski definition) is 2. The first-order chi connectivity index (χ1) is 10.6. The van der Waals surface area contributed by atoms with Crippen molar-refractivity contribution in [2.24, 2.45) is 0 Å². The summed E-state index contributed by atoms with van der Waals surface area (Å²) in [7, 11) is 0. The van der Waals surface area contributed by atoms with Crippen molar-refractivity contribution in [3.63, 3.8) is 0 Å². The molecule has 0 aromatic heterocycles. The Morgan fingerprint density at radius 2 is 1.77 bits per heavy atom. The van der Waals surface area contributed by atoms with Crippen LogP contribution in [-0.2, 0) is 0 Å². The fraction of sp³-hybridized carbons (Fsp3) is 0.167. The molecular weight excluding hydrogens is 314 g/mol. The van der Waals surface area contributed by atoms with Crippen LogP contribution in [0.3, 0.4) is 0 Å². The van der Waals surface area contributed by atoms with Crippen LogP contribution in [-0.4, -0.2) is 16.6 Å². The van der Waals surface area contributed by atoms with Gasteiger partial charge in [-0.05, 0) is 24.1 Å². The van der Waals surface area contributed by atoms with Crippen molar-refractivity contribution in [1.82, 2.24) is 5.32 Å². The van der Waals surface area contributed by atoms with E-state index in [1.54, 1.807) is 12.1 Å². The first kappa shape index (κ1) is 16.5. The minimum absolute atomic E-state index is 0.150. The van der Waals surface area contributed by atoms with Gasteiger partial charge in [0, 0.05) is 17.1 Å². The number of halogens is 1. The van der Waals surface area contributed by atoms with E-state index in [9.17, 15) is 5.11 Å². The number of benzene rings is 2. The summed E-state index contributed by atoms with van der Waals surface area (Å²) >= 11 is 11.6. The van der Waals surface area contributed by atoms with Crippen LogP contribution in [0, 0.1) is 0 Å². The maximum absolute atomic E-state index is 10.7. The lowest BCUT2D eigenvalue weighted by atomic mass is 10.0. The molecule has 2 rings (SSSR count). The maximum Gasteiger partial charge on any atom is 0.133 e. The molecule has 0 aliphatic rings. The topological polar surface area (TPSA) is 32.3 Å². The lowest BCUT2D eigenvalue weighted by Crippen LogP contribution is -2.24. The summed E-state index contributed by atoms with van der Waals surface area (Å²) in [6.45, 7) is 2.82. The van der Waals surface area contributed by atoms with Gasteiger partial charge in [0.2, 0.25) is 0 Å². The summed E-state index contributed by atoms with van der Waals surface area (Å²) in [5.74, 6) is 0.150. The summed E-state index contributed by atoms with van der Waals surface area (Å²) in [4.78, 5) is 0.519. The second-order valence-electron chi connectivity index (χ2n) is 4.86. The Morgan fingerprint density at radius 3 is 2.41 bits per heavy atom. The van der Waals surface area contributed by atoms with Crippen LogP contribution in [0.1, 0.15) is 24.5 Å². The van der Waals surface area contributed by atoms with E-state index in [0.717, 1.165) is 24.1 Å². The van der Waals surface area contributed by atoms with Gasteiger partial charge < -0.3 is 10.4 Å². The standard InChI is InChI=1S/C18H18ClNOS/c1-2-11-20-18(22)16(14-9-6-10-15(19)12-14)17(21)13-7-4-3-5-8-13/h3-10,12,21H,2,11H2,1H3,(H,20,22)/b17-16-. The molecule has 0 radical (unpaired) electrons. The van der Waals surface area contributed by atoms with Gasteiger partial charge in [-0.2, -0.15) is 0 Å². The van der Waals surface area contributed by atoms with Gasteiger partial charge in [0.25, 0.3) is 0 Å². The average molecular weight is 332 g/mol. The average Bonchev–Trinajstić information content (AvgIpc) is 2.54. The van der Waals surface area contributed by atoms with Crippen LogP contribution in [0.4, 0.5) is 0 Å². The van der Waals surface area contributed by atoms with Crippen LogP contribution in [0.15, 0.2) is 54.6 Å². The molecule has 0 aliphatic carbocycles. The zero-order valence-electron chi connectivity index (χ0n) is 12.3. The fourth-order valence-electron chi connectivity index (χ4n) is 2.09. The Morgan fingerprint density at radius 1 is 1.09 bits per heavy atom. The highest BCUT2D eigenvalue weighted by Crippen LogP contribution is 2.27. The normalized spacial score (nSPS) is 11.7. The van der Waals surface area contributed by atoms with Crippen LogP contribution in [0.5, 0.6) is 0 Å². The molecule has 2 nitrogen and oxygen atoms in total. The van der Waals surface area contributed by atoms with E-state index >= 15 is 0 Å². The second-order valence-corrected chi connectivity index (χ2v) is 5.70. The zero-order valence-corrected chi connectivity index (χ0v) is 13.9. The van der Waals surface area contributed by atoms with Gasteiger partial charge in [0.05, 0.1) is 5.57 Å². The van der Waals surface area contributed by atoms with Gasteiger partial charge in [0.1, 0.15) is 10.7 Å². The number of aliphatic hydroxyl groups is 1. The number of hydrogen-bond donors (Lipinski definition) is 2. The molecule has 0 spiro atoms. The quantitative estimate of drug-likeness (QED) is 0.346. The Labute approximate surface area is 141 Å². The summed E-state index contributed by atoms with van der Waals surface area (Å²) in [6.07, 6.45) is 0.953. The van der Waals surface area contributed by atoms with Crippen molar-refractivity contribution in [1.29, 1.82) is 0 Å². The Bertz CT molecular complexity index is 682. The third kappa shape index (κ3) is 4.09. The molecule has 114 valence electrons. The molecule has 2 aromatic carbocycles. The van der Waals surface area contributed by atoms with Gasteiger partial charge >= 0.3 is 0 Å². The molecule has 2 aromatic rings. The molecule has 0 unspecified atom stereocenters. The van der Waals surface area contributed by atoms with E-state index in [2.05, 4.69) is 12.2 Å². The predicted molar refractivity (Wildman–Crippen MR) is 98.2 cm³/mol. The van der Waals surface area contributed by atoms with E-state index in [1.807, 2.05) is 42.5 Å². The second kappa shape index (κ2) is 7.97. The summed E-state index contributed by atoms with van der Waals surface area (Å²) in [6, 6.07) is 16.7. The highest BCUT2D eigenvalue weighted by molar-refractivity contribution is 7.81. The summed E-state index contributed by atoms with van der Waals surface area (Å²) < 4.78 is 0. The largest absolute Gasteiger partial charge is 0.507 e. The maximum atomic E-state index is 10.7. The van der Waals surface area contributed by atoms with Crippen molar-refractivity contribution in [2.45, 2.75) is 13.3 Å². The third-order valence-electron chi connectivity index (χ3n) is 3.16. The van der Waals surface area contributed by atoms with Crippen LogP contribution in [0.25, 0.3) is 11.3 Å². The molecule has 2 N–H and O–H groups in total. The minimum atomic E-state index is 0.150. The lowest BCUT2D eigenvalue weighted by Gasteiger charge is -2.15. The minimum Gasteiger partial charge on any atom is -0.507 e. The monoisotopic (exact) mass is 331 g/mol. The highest BCUT2D eigenvalue weighted by Gasteiger charge is 2.15. The summed E-state index contributed by atoms with van der Waals surface area (Å²) in [5, 5.41) is 14.5. The lowest BCUT2D eigenvalue weighted by molar-refractivity contribution is 0.514. The molecule has 0 saturated heterocycles. The van der Waals surface area contributed by atoms with Crippen LogP contribution >= 0.6 is 23.8 Å². The third-order valence-corrected chi connectivity index (χ3v) is 3.74. The van der Waals surface area contributed by atoms with Crippen molar-refractivity contribution in [3.8, 4) is 0 Å². The van der Waals surface area contributed by atoms with Gasteiger partial charge in [-0.3, -0.25) is 0 Å². The Hall–Kier alpha value is -1.84. The Kier molecular flexibility index (Phi) is 5.99. The van der Waals surface area contributed by atoms with Gasteiger partial charge in [-0.1, -0.05) is 73.2 Å². The molecular formula is C18H18ClNOS. The number of thiocarbonyl (C=S) groups is 1. The van der Waals surface area contributed by atoms with Crippen molar-refractivity contribution >= 4 is 40.1 Å². The first-order valence-corrected chi connectivity index (χ1v) is 7.95. The smallest absolute Gasteiger partial charge is 0.133 e. The van der Waals surface area contributed by atoms with Crippen LogP contribution < -0.4 is 5.32 Å². The predicted octanol–water partition coefficient (Wildman–Crippen LogP) is 5.09. The zero-order chi connectivity index (χ0) is 15.9. The molecule has 0 bridgehead atoms. The molecule has 0 fully saturated rings. The van der Waals surface area contributed by atoms with E-state index in [0.29, 0.717) is 15.6 Å². The van der Waals surface area contributed by atoms with E-state index in [1.165, 1.54) is 0 Å². The molecule has 0 amide bonds. The first-order valence-electron chi connectivity index (χ1n) is 7.16. The summed E-state index contributed by atoms with van der Waals surface area (Å²) in [5.41, 5.74) is 2.11. The van der Waals surface area contributed by atoms with E-state index in [-0.39, 0.29) is 5.76 Å². The molecule has 0 aliphatic heterocycles. The van der Waals surface area contributed by atoms with Crippen molar-refractivity contribution in [2.75, 3.05) is 6.54 Å². The number of rotatable bonds is 5. The fourth-order valence-corrected chi connectivity index (χ4v) is 2.59. The van der Waals surface area contributed by atoms with Gasteiger partial charge in [-0.15, -0.1) is 0 Å². The molecule has 22 heavy (non-hydrogen) atoms. The van der Waals surface area contributed by atoms with Gasteiger partial charge in [-0.25, -0.2) is 0 Å².